The molecule has 0 unspecified atom stereocenters. The van der Waals surface area contributed by atoms with E-state index in [1.54, 1.807) is 0 Å². The molecule has 0 bridgehead atoms. The van der Waals surface area contributed by atoms with Gasteiger partial charge in [0.15, 0.2) is 0 Å². The fourth-order valence-electron chi connectivity index (χ4n) is 4.69. The van der Waals surface area contributed by atoms with Gasteiger partial charge >= 0.3 is 5.97 Å². The third-order valence-corrected chi connectivity index (χ3v) is 5.64. The zero-order valence-electron chi connectivity index (χ0n) is 12.6. The second-order valence-electron chi connectivity index (χ2n) is 6.86. The Balaban J connectivity index is 1.87. The van der Waals surface area contributed by atoms with Crippen LogP contribution in [-0.4, -0.2) is 24.8 Å². The number of allylic oxidation sites excluding steroid dienone is 2. The average molecular weight is 278 g/mol. The van der Waals surface area contributed by atoms with E-state index in [0.29, 0.717) is 30.3 Å². The molecule has 1 saturated heterocycles. The van der Waals surface area contributed by atoms with E-state index in [2.05, 4.69) is 19.1 Å². The molecule has 1 aliphatic heterocycles. The second-order valence-corrected chi connectivity index (χ2v) is 6.86. The zero-order chi connectivity index (χ0) is 14.2. The summed E-state index contributed by atoms with van der Waals surface area (Å²) in [5.41, 5.74) is -0.346. The number of methoxy groups -OCH3 is 1. The van der Waals surface area contributed by atoms with Gasteiger partial charge in [-0.3, -0.25) is 4.79 Å². The predicted octanol–water partition coefficient (Wildman–Crippen LogP) is 3.48. The van der Waals surface area contributed by atoms with Crippen LogP contribution < -0.4 is 0 Å². The highest BCUT2D eigenvalue weighted by molar-refractivity contribution is 5.70. The van der Waals surface area contributed by atoms with Crippen LogP contribution in [0.3, 0.4) is 0 Å². The summed E-state index contributed by atoms with van der Waals surface area (Å²) in [6, 6.07) is 0. The Labute approximate surface area is 121 Å². The lowest BCUT2D eigenvalue weighted by Crippen LogP contribution is -2.56. The average Bonchev–Trinajstić information content (AvgIpc) is 2.47. The highest BCUT2D eigenvalue weighted by Crippen LogP contribution is 2.51. The molecule has 20 heavy (non-hydrogen) atoms. The first-order chi connectivity index (χ1) is 9.64. The number of hydrogen-bond acceptors (Lipinski definition) is 3. The molecule has 112 valence electrons. The molecular weight excluding hydrogens is 252 g/mol. The number of esters is 1. The summed E-state index contributed by atoms with van der Waals surface area (Å²) < 4.78 is 11.4. The lowest BCUT2D eigenvalue weighted by molar-refractivity contribution is -0.213. The molecule has 2 aliphatic carbocycles. The minimum Gasteiger partial charge on any atom is -0.469 e. The molecule has 2 fully saturated rings. The smallest absolute Gasteiger partial charge is 0.308 e. The maximum Gasteiger partial charge on any atom is 0.308 e. The molecule has 3 nitrogen and oxygen atoms in total. The molecular formula is C17H26O3. The van der Waals surface area contributed by atoms with Gasteiger partial charge in [-0.1, -0.05) is 25.0 Å². The first kappa shape index (κ1) is 14.1. The van der Waals surface area contributed by atoms with Crippen molar-refractivity contribution in [3.05, 3.63) is 12.2 Å². The molecule has 0 N–H and O–H groups in total. The van der Waals surface area contributed by atoms with Gasteiger partial charge in [0, 0.05) is 0 Å². The molecule has 0 radical (unpaired) electrons. The Bertz CT molecular complexity index is 403. The van der Waals surface area contributed by atoms with Gasteiger partial charge in [-0.2, -0.15) is 0 Å². The van der Waals surface area contributed by atoms with Gasteiger partial charge in [0.2, 0.25) is 0 Å². The van der Waals surface area contributed by atoms with E-state index < -0.39 is 0 Å². The van der Waals surface area contributed by atoms with Crippen molar-refractivity contribution in [3.63, 3.8) is 0 Å². The van der Waals surface area contributed by atoms with E-state index in [9.17, 15) is 4.79 Å². The first-order valence-electron chi connectivity index (χ1n) is 8.05. The molecule has 0 aromatic carbocycles. The summed E-state index contributed by atoms with van der Waals surface area (Å²) in [5.74, 6) is 1.58. The molecule has 0 aromatic heterocycles. The Hall–Kier alpha value is -0.830. The van der Waals surface area contributed by atoms with Crippen molar-refractivity contribution < 1.29 is 14.3 Å². The van der Waals surface area contributed by atoms with Gasteiger partial charge < -0.3 is 9.47 Å². The molecule has 1 heterocycles. The van der Waals surface area contributed by atoms with Crippen molar-refractivity contribution in [2.45, 2.75) is 63.6 Å². The van der Waals surface area contributed by atoms with Gasteiger partial charge in [-0.25, -0.2) is 0 Å². The van der Waals surface area contributed by atoms with Crippen molar-refractivity contribution in [1.29, 1.82) is 0 Å². The molecule has 5 atom stereocenters. The predicted molar refractivity (Wildman–Crippen MR) is 77.2 cm³/mol. The third-order valence-electron chi connectivity index (χ3n) is 5.64. The van der Waals surface area contributed by atoms with Gasteiger partial charge in [-0.15, -0.1) is 0 Å². The summed E-state index contributed by atoms with van der Waals surface area (Å²) in [4.78, 5) is 11.8. The Morgan fingerprint density at radius 2 is 2.15 bits per heavy atom. The Morgan fingerprint density at radius 1 is 1.35 bits per heavy atom. The third kappa shape index (κ3) is 2.41. The minimum atomic E-state index is -0.346. The lowest BCUT2D eigenvalue weighted by Gasteiger charge is -2.54. The standard InChI is InChI=1S/C17H26O3/c1-17(11-16(18)19-2)14-9-5-3-7-12(14)13-8-4-6-10-15(13)20-17/h3,7,12-15H,4-6,8-11H2,1-2H3/t12-,13-,14-,15-,17+/m1/s1. The van der Waals surface area contributed by atoms with Crippen LogP contribution in [0.1, 0.15) is 51.9 Å². The van der Waals surface area contributed by atoms with E-state index >= 15 is 0 Å². The lowest BCUT2D eigenvalue weighted by atomic mass is 9.61. The molecule has 3 aliphatic rings. The molecule has 3 rings (SSSR count). The van der Waals surface area contributed by atoms with E-state index in [1.165, 1.54) is 26.4 Å². The van der Waals surface area contributed by atoms with E-state index in [1.807, 2.05) is 0 Å². The van der Waals surface area contributed by atoms with Gasteiger partial charge in [0.1, 0.15) is 0 Å². The van der Waals surface area contributed by atoms with E-state index in [-0.39, 0.29) is 11.6 Å². The molecule has 0 aromatic rings. The normalized spacial score (nSPS) is 43.5. The minimum absolute atomic E-state index is 0.143. The number of carbonyl (C=O) groups is 1. The summed E-state index contributed by atoms with van der Waals surface area (Å²) in [7, 11) is 1.47. The Kier molecular flexibility index (Phi) is 3.89. The van der Waals surface area contributed by atoms with Crippen LogP contribution in [0.2, 0.25) is 0 Å². The van der Waals surface area contributed by atoms with Crippen LogP contribution in [0.5, 0.6) is 0 Å². The van der Waals surface area contributed by atoms with Crippen LogP contribution in [-0.2, 0) is 14.3 Å². The maximum absolute atomic E-state index is 11.8. The summed E-state index contributed by atoms with van der Waals surface area (Å²) in [6.45, 7) is 2.13. The van der Waals surface area contributed by atoms with Gasteiger partial charge in [0.25, 0.3) is 0 Å². The quantitative estimate of drug-likeness (QED) is 0.573. The van der Waals surface area contributed by atoms with Gasteiger partial charge in [0.05, 0.1) is 25.2 Å². The van der Waals surface area contributed by atoms with Crippen LogP contribution in [0, 0.1) is 17.8 Å². The topological polar surface area (TPSA) is 35.5 Å². The number of fused-ring (bicyclic) bond motifs is 3. The van der Waals surface area contributed by atoms with Crippen molar-refractivity contribution in [3.8, 4) is 0 Å². The largest absolute Gasteiger partial charge is 0.469 e. The summed E-state index contributed by atoms with van der Waals surface area (Å²) in [5, 5.41) is 0. The zero-order valence-corrected chi connectivity index (χ0v) is 12.6. The summed E-state index contributed by atoms with van der Waals surface area (Å²) in [6.07, 6.45) is 12.7. The van der Waals surface area contributed by atoms with Crippen LogP contribution in [0.25, 0.3) is 0 Å². The van der Waals surface area contributed by atoms with E-state index in [4.69, 9.17) is 9.47 Å². The van der Waals surface area contributed by atoms with Crippen molar-refractivity contribution in [1.82, 2.24) is 0 Å². The monoisotopic (exact) mass is 278 g/mol. The number of hydrogen-bond donors (Lipinski definition) is 0. The highest BCUT2D eigenvalue weighted by Gasteiger charge is 2.52. The number of rotatable bonds is 2. The van der Waals surface area contributed by atoms with Crippen LogP contribution in [0.15, 0.2) is 12.2 Å². The molecule has 0 amide bonds. The van der Waals surface area contributed by atoms with Crippen molar-refractivity contribution in [2.24, 2.45) is 17.8 Å². The highest BCUT2D eigenvalue weighted by atomic mass is 16.5. The van der Waals surface area contributed by atoms with E-state index in [0.717, 1.165) is 19.3 Å². The van der Waals surface area contributed by atoms with Gasteiger partial charge in [-0.05, 0) is 50.4 Å². The molecule has 0 spiro atoms. The fourth-order valence-corrected chi connectivity index (χ4v) is 4.69. The molecule has 1 saturated carbocycles. The summed E-state index contributed by atoms with van der Waals surface area (Å²) >= 11 is 0. The van der Waals surface area contributed by atoms with Crippen molar-refractivity contribution >= 4 is 5.97 Å². The Morgan fingerprint density at radius 3 is 2.95 bits per heavy atom. The fraction of sp³-hybridized carbons (Fsp3) is 0.824. The number of carbonyl (C=O) groups excluding carboxylic acids is 1. The maximum atomic E-state index is 11.8. The van der Waals surface area contributed by atoms with Crippen molar-refractivity contribution in [2.75, 3.05) is 7.11 Å². The second kappa shape index (κ2) is 5.51. The first-order valence-corrected chi connectivity index (χ1v) is 8.05. The number of ether oxygens (including phenoxy) is 2. The van der Waals surface area contributed by atoms with Crippen LogP contribution >= 0.6 is 0 Å². The molecule has 3 heteroatoms. The van der Waals surface area contributed by atoms with Crippen LogP contribution in [0.4, 0.5) is 0 Å². The SMILES string of the molecule is COC(=O)C[C@]1(C)O[C@@H]2CCCC[C@@H]2[C@H]2C=CCC[C@H]21.